The van der Waals surface area contributed by atoms with Gasteiger partial charge in [0.2, 0.25) is 0 Å². The van der Waals surface area contributed by atoms with Crippen molar-refractivity contribution in [3.8, 4) is 0 Å². The van der Waals surface area contributed by atoms with Crippen molar-refractivity contribution in [1.82, 2.24) is 0 Å². The molecule has 2 unspecified atom stereocenters. The van der Waals surface area contributed by atoms with Crippen molar-refractivity contribution in [3.63, 3.8) is 0 Å². The Morgan fingerprint density at radius 3 is 2.23 bits per heavy atom. The highest BCUT2D eigenvalue weighted by Crippen LogP contribution is 2.57. The lowest BCUT2D eigenvalue weighted by molar-refractivity contribution is -0.129. The van der Waals surface area contributed by atoms with Crippen molar-refractivity contribution >= 4 is 5.78 Å². The van der Waals surface area contributed by atoms with E-state index in [9.17, 15) is 4.79 Å². The van der Waals surface area contributed by atoms with E-state index in [1.165, 1.54) is 32.1 Å². The van der Waals surface area contributed by atoms with Crippen LogP contribution in [-0.2, 0) is 4.79 Å². The summed E-state index contributed by atoms with van der Waals surface area (Å²) in [6, 6.07) is 0. The lowest BCUT2D eigenvalue weighted by atomic mass is 9.51. The van der Waals surface area contributed by atoms with Crippen molar-refractivity contribution < 1.29 is 4.79 Å². The summed E-state index contributed by atoms with van der Waals surface area (Å²) >= 11 is 0. The number of carbonyl (C=O) groups is 1. The van der Waals surface area contributed by atoms with E-state index in [0.717, 1.165) is 17.8 Å². The predicted octanol–water partition coefficient (Wildman–Crippen LogP) is 2.61. The molecule has 0 N–H and O–H groups in total. The molecule has 0 aromatic carbocycles. The van der Waals surface area contributed by atoms with Crippen LogP contribution in [-0.4, -0.2) is 5.78 Å². The van der Waals surface area contributed by atoms with Gasteiger partial charge < -0.3 is 0 Å². The quantitative estimate of drug-likeness (QED) is 0.601. The van der Waals surface area contributed by atoms with E-state index in [-0.39, 0.29) is 0 Å². The molecule has 4 aliphatic rings. The normalized spacial score (nSPS) is 48.4. The second-order valence-corrected chi connectivity index (χ2v) is 5.36. The molecule has 0 aliphatic heterocycles. The van der Waals surface area contributed by atoms with Gasteiger partial charge in [0.05, 0.1) is 0 Å². The number of ketones is 1. The van der Waals surface area contributed by atoms with E-state index < -0.39 is 0 Å². The summed E-state index contributed by atoms with van der Waals surface area (Å²) in [5.74, 6) is 5.16. The van der Waals surface area contributed by atoms with Crippen molar-refractivity contribution in [2.75, 3.05) is 0 Å². The summed E-state index contributed by atoms with van der Waals surface area (Å²) in [4.78, 5) is 11.5. The Hall–Kier alpha value is -0.330. The Labute approximate surface area is 79.9 Å². The van der Waals surface area contributed by atoms with E-state index >= 15 is 0 Å². The van der Waals surface area contributed by atoms with Crippen LogP contribution in [0.4, 0.5) is 0 Å². The highest BCUT2D eigenvalue weighted by atomic mass is 16.1. The van der Waals surface area contributed by atoms with Gasteiger partial charge in [-0.2, -0.15) is 0 Å². The monoisotopic (exact) mass is 177 g/mol. The molecule has 0 aromatic heterocycles. The van der Waals surface area contributed by atoms with Crippen LogP contribution in [0.2, 0.25) is 0 Å². The van der Waals surface area contributed by atoms with Crippen molar-refractivity contribution in [3.05, 3.63) is 5.92 Å². The summed E-state index contributed by atoms with van der Waals surface area (Å²) in [6.45, 7) is 1.80. The Morgan fingerprint density at radius 1 is 1.15 bits per heavy atom. The van der Waals surface area contributed by atoms with Gasteiger partial charge in [-0.1, -0.05) is 0 Å². The highest BCUT2D eigenvalue weighted by Gasteiger charge is 2.49. The van der Waals surface area contributed by atoms with E-state index in [4.69, 9.17) is 0 Å². The van der Waals surface area contributed by atoms with Gasteiger partial charge in [-0.3, -0.25) is 4.79 Å². The molecule has 4 saturated carbocycles. The maximum atomic E-state index is 11.5. The molecule has 1 radical (unpaired) electrons. The third kappa shape index (κ3) is 1.09. The first-order chi connectivity index (χ1) is 6.24. The average molecular weight is 177 g/mol. The first kappa shape index (κ1) is 8.02. The Bertz CT molecular complexity index is 216. The third-order valence-corrected chi connectivity index (χ3v) is 4.44. The van der Waals surface area contributed by atoms with Crippen LogP contribution in [0, 0.1) is 29.6 Å². The molecule has 0 spiro atoms. The minimum Gasteiger partial charge on any atom is -0.300 e. The molecule has 0 heterocycles. The molecule has 0 amide bonds. The standard InChI is InChI=1S/C12H17O/c1-7(13)12-10-3-8-2-9(5-10)6-11(12)4-8/h8,10-12H,2-6H2,1H3. The van der Waals surface area contributed by atoms with Crippen molar-refractivity contribution in [1.29, 1.82) is 0 Å². The lowest BCUT2D eigenvalue weighted by Crippen LogP contribution is -2.46. The van der Waals surface area contributed by atoms with Gasteiger partial charge in [0.25, 0.3) is 0 Å². The summed E-state index contributed by atoms with van der Waals surface area (Å²) < 4.78 is 0. The highest BCUT2D eigenvalue weighted by molar-refractivity contribution is 5.79. The largest absolute Gasteiger partial charge is 0.300 e. The van der Waals surface area contributed by atoms with Crippen molar-refractivity contribution in [2.45, 2.75) is 39.0 Å². The fraction of sp³-hybridized carbons (Fsp3) is 0.833. The number of hydrogen-bond donors (Lipinski definition) is 0. The van der Waals surface area contributed by atoms with Crippen LogP contribution in [0.3, 0.4) is 0 Å². The third-order valence-electron chi connectivity index (χ3n) is 4.44. The van der Waals surface area contributed by atoms with E-state index in [2.05, 4.69) is 0 Å². The Balaban J connectivity index is 1.89. The van der Waals surface area contributed by atoms with E-state index in [1.54, 1.807) is 12.8 Å². The van der Waals surface area contributed by atoms with Crippen molar-refractivity contribution in [2.24, 2.45) is 23.7 Å². The maximum absolute atomic E-state index is 11.5. The zero-order valence-electron chi connectivity index (χ0n) is 8.25. The molecule has 0 saturated heterocycles. The first-order valence-corrected chi connectivity index (χ1v) is 5.58. The zero-order chi connectivity index (χ0) is 9.00. The smallest absolute Gasteiger partial charge is 0.133 e. The SMILES string of the molecule is CC(=O)C1C2C[C]3CC(C2)CC1C3. The molecule has 0 aromatic rings. The molecule has 4 fully saturated rings. The minimum atomic E-state index is 0.445. The molecule has 4 rings (SSSR count). The Kier molecular flexibility index (Phi) is 1.59. The first-order valence-electron chi connectivity index (χ1n) is 5.58. The summed E-state index contributed by atoms with van der Waals surface area (Å²) in [5, 5.41) is 0. The topological polar surface area (TPSA) is 17.1 Å². The molecule has 4 bridgehead atoms. The minimum absolute atomic E-state index is 0.445. The Morgan fingerprint density at radius 2 is 1.77 bits per heavy atom. The van der Waals surface area contributed by atoms with E-state index in [0.29, 0.717) is 11.7 Å². The molecule has 4 aliphatic carbocycles. The predicted molar refractivity (Wildman–Crippen MR) is 51.0 cm³/mol. The molecule has 1 heteroatoms. The fourth-order valence-corrected chi connectivity index (χ4v) is 4.28. The van der Waals surface area contributed by atoms with Crippen LogP contribution >= 0.6 is 0 Å². The maximum Gasteiger partial charge on any atom is 0.133 e. The number of rotatable bonds is 1. The summed E-state index contributed by atoms with van der Waals surface area (Å²) in [5.41, 5.74) is 0. The van der Waals surface area contributed by atoms with Gasteiger partial charge in [0, 0.05) is 5.92 Å². The second kappa shape index (κ2) is 2.59. The molecule has 1 nitrogen and oxygen atoms in total. The molecule has 2 atom stereocenters. The molecular formula is C12H17O. The van der Waals surface area contributed by atoms with E-state index in [1.807, 2.05) is 0 Å². The second-order valence-electron chi connectivity index (χ2n) is 5.36. The zero-order valence-corrected chi connectivity index (χ0v) is 8.25. The van der Waals surface area contributed by atoms with Crippen LogP contribution in [0.5, 0.6) is 0 Å². The summed E-state index contributed by atoms with van der Waals surface area (Å²) in [7, 11) is 0. The lowest BCUT2D eigenvalue weighted by Gasteiger charge is -2.53. The van der Waals surface area contributed by atoms with Crippen LogP contribution in [0.25, 0.3) is 0 Å². The van der Waals surface area contributed by atoms with Gasteiger partial charge in [0.15, 0.2) is 0 Å². The van der Waals surface area contributed by atoms with Gasteiger partial charge in [0.1, 0.15) is 5.78 Å². The molecular weight excluding hydrogens is 160 g/mol. The molecule has 13 heavy (non-hydrogen) atoms. The van der Waals surface area contributed by atoms with Gasteiger partial charge >= 0.3 is 0 Å². The molecule has 71 valence electrons. The van der Waals surface area contributed by atoms with Crippen LogP contribution in [0.15, 0.2) is 0 Å². The summed E-state index contributed by atoms with van der Waals surface area (Å²) in [6.07, 6.45) is 6.68. The fourth-order valence-electron chi connectivity index (χ4n) is 4.28. The number of Topliss-reactive ketones (excluding diaryl/α,β-unsaturated/α-hetero) is 1. The van der Waals surface area contributed by atoms with Crippen LogP contribution < -0.4 is 0 Å². The van der Waals surface area contributed by atoms with Gasteiger partial charge in [-0.05, 0) is 62.7 Å². The number of carbonyl (C=O) groups excluding carboxylic acids is 1. The average Bonchev–Trinajstić information content (AvgIpc) is 2.00. The van der Waals surface area contributed by atoms with Crippen LogP contribution in [0.1, 0.15) is 39.0 Å². The van der Waals surface area contributed by atoms with Gasteiger partial charge in [-0.25, -0.2) is 0 Å². The number of hydrogen-bond acceptors (Lipinski definition) is 1. The van der Waals surface area contributed by atoms with Gasteiger partial charge in [-0.15, -0.1) is 0 Å².